The van der Waals surface area contributed by atoms with Gasteiger partial charge in [0.25, 0.3) is 5.91 Å². The first-order chi connectivity index (χ1) is 14.5. The molecule has 1 aliphatic carbocycles. The van der Waals surface area contributed by atoms with E-state index < -0.39 is 23.8 Å². The Kier molecular flexibility index (Phi) is 7.00. The number of rotatable bonds is 7. The fraction of sp³-hybridized carbons (Fsp3) is 0.318. The lowest BCUT2D eigenvalue weighted by Crippen LogP contribution is -2.30. The van der Waals surface area contributed by atoms with Crippen molar-refractivity contribution in [3.63, 3.8) is 0 Å². The molecule has 0 aromatic heterocycles. The molecule has 8 heteroatoms. The molecule has 0 heterocycles. The van der Waals surface area contributed by atoms with Crippen molar-refractivity contribution in [3.8, 4) is 11.5 Å². The maximum atomic E-state index is 12.9. The van der Waals surface area contributed by atoms with E-state index >= 15 is 0 Å². The van der Waals surface area contributed by atoms with Gasteiger partial charge in [-0.2, -0.15) is 0 Å². The standard InChI is InChI=1S/C22H22FNO6/c1-28-20-12-14(22(27)30-18-5-3-2-4-17(18)25)6-11-19(20)29-13-21(26)24-16-9-7-15(23)8-10-16/h6-12,18H,2-5,13H2,1H3,(H,24,26)/t18-/m1/s1. The van der Waals surface area contributed by atoms with Gasteiger partial charge in [0, 0.05) is 12.1 Å². The first-order valence-electron chi connectivity index (χ1n) is 9.56. The highest BCUT2D eigenvalue weighted by Crippen LogP contribution is 2.29. The van der Waals surface area contributed by atoms with Crippen LogP contribution in [0, 0.1) is 5.82 Å². The highest BCUT2D eigenvalue weighted by molar-refractivity contribution is 5.94. The molecule has 0 bridgehead atoms. The Hall–Kier alpha value is -3.42. The molecule has 1 atom stereocenters. The Bertz CT molecular complexity index is 928. The maximum absolute atomic E-state index is 12.9. The van der Waals surface area contributed by atoms with Gasteiger partial charge in [-0.3, -0.25) is 9.59 Å². The fourth-order valence-electron chi connectivity index (χ4n) is 3.06. The van der Waals surface area contributed by atoms with Gasteiger partial charge in [0.15, 0.2) is 30.0 Å². The summed E-state index contributed by atoms with van der Waals surface area (Å²) in [6.07, 6.45) is 1.92. The lowest BCUT2D eigenvalue weighted by atomic mass is 9.96. The van der Waals surface area contributed by atoms with E-state index in [0.29, 0.717) is 18.5 Å². The van der Waals surface area contributed by atoms with Gasteiger partial charge < -0.3 is 19.5 Å². The van der Waals surface area contributed by atoms with Crippen LogP contribution >= 0.6 is 0 Å². The minimum Gasteiger partial charge on any atom is -0.493 e. The van der Waals surface area contributed by atoms with Crippen molar-refractivity contribution < 1.29 is 33.0 Å². The van der Waals surface area contributed by atoms with Crippen molar-refractivity contribution in [2.24, 2.45) is 0 Å². The third-order valence-electron chi connectivity index (χ3n) is 4.63. The van der Waals surface area contributed by atoms with E-state index in [9.17, 15) is 18.8 Å². The molecule has 0 unspecified atom stereocenters. The summed E-state index contributed by atoms with van der Waals surface area (Å²) in [5, 5.41) is 2.58. The summed E-state index contributed by atoms with van der Waals surface area (Å²) in [6, 6.07) is 9.74. The molecule has 1 aliphatic rings. The molecule has 0 spiro atoms. The summed E-state index contributed by atoms with van der Waals surface area (Å²) in [6.45, 7) is -0.311. The van der Waals surface area contributed by atoms with E-state index in [0.717, 1.165) is 12.8 Å². The van der Waals surface area contributed by atoms with Crippen LogP contribution in [0.15, 0.2) is 42.5 Å². The second-order valence-corrected chi connectivity index (χ2v) is 6.82. The van der Waals surface area contributed by atoms with Crippen molar-refractivity contribution in [1.82, 2.24) is 0 Å². The van der Waals surface area contributed by atoms with Crippen LogP contribution in [0.5, 0.6) is 11.5 Å². The molecule has 2 aromatic carbocycles. The second-order valence-electron chi connectivity index (χ2n) is 6.82. The predicted molar refractivity (Wildman–Crippen MR) is 106 cm³/mol. The number of hydrogen-bond acceptors (Lipinski definition) is 6. The van der Waals surface area contributed by atoms with Crippen molar-refractivity contribution in [2.45, 2.75) is 31.8 Å². The number of ketones is 1. The minimum absolute atomic E-state index is 0.0614. The average molecular weight is 415 g/mol. The van der Waals surface area contributed by atoms with Gasteiger partial charge in [0.05, 0.1) is 12.7 Å². The van der Waals surface area contributed by atoms with Crippen LogP contribution in [-0.4, -0.2) is 37.5 Å². The molecule has 1 N–H and O–H groups in total. The van der Waals surface area contributed by atoms with E-state index in [1.165, 1.54) is 49.6 Å². The minimum atomic E-state index is -0.705. The largest absolute Gasteiger partial charge is 0.493 e. The number of Topliss-reactive ketones (excluding diaryl/α,β-unsaturated/α-hetero) is 1. The molecule has 1 saturated carbocycles. The van der Waals surface area contributed by atoms with Crippen molar-refractivity contribution in [3.05, 3.63) is 53.8 Å². The number of carbonyl (C=O) groups is 3. The zero-order chi connectivity index (χ0) is 21.5. The number of ether oxygens (including phenoxy) is 3. The summed E-state index contributed by atoms with van der Waals surface area (Å²) in [5.74, 6) is -1.02. The number of halogens is 1. The third kappa shape index (κ3) is 5.56. The number of methoxy groups -OCH3 is 1. The Morgan fingerprint density at radius 3 is 2.57 bits per heavy atom. The highest BCUT2D eigenvalue weighted by Gasteiger charge is 2.26. The van der Waals surface area contributed by atoms with Crippen molar-refractivity contribution >= 4 is 23.3 Å². The predicted octanol–water partition coefficient (Wildman–Crippen LogP) is 3.52. The summed E-state index contributed by atoms with van der Waals surface area (Å²) >= 11 is 0. The number of amides is 1. The quantitative estimate of drug-likeness (QED) is 0.696. The zero-order valence-corrected chi connectivity index (χ0v) is 16.5. The van der Waals surface area contributed by atoms with Gasteiger partial charge in [-0.05, 0) is 61.7 Å². The summed E-state index contributed by atoms with van der Waals surface area (Å²) in [5.41, 5.74) is 0.653. The molecule has 1 amide bonds. The Balaban J connectivity index is 1.59. The van der Waals surface area contributed by atoms with Gasteiger partial charge in [-0.15, -0.1) is 0 Å². The molecular weight excluding hydrogens is 393 g/mol. The topological polar surface area (TPSA) is 90.9 Å². The monoisotopic (exact) mass is 415 g/mol. The first-order valence-corrected chi connectivity index (χ1v) is 9.56. The van der Waals surface area contributed by atoms with Crippen LogP contribution in [0.1, 0.15) is 36.0 Å². The number of anilines is 1. The molecule has 0 radical (unpaired) electrons. The number of esters is 1. The van der Waals surface area contributed by atoms with E-state index in [2.05, 4.69) is 5.32 Å². The average Bonchev–Trinajstić information content (AvgIpc) is 2.75. The molecule has 0 saturated heterocycles. The third-order valence-corrected chi connectivity index (χ3v) is 4.63. The van der Waals surface area contributed by atoms with Gasteiger partial charge in [0.2, 0.25) is 0 Å². The maximum Gasteiger partial charge on any atom is 0.338 e. The lowest BCUT2D eigenvalue weighted by Gasteiger charge is -2.20. The van der Waals surface area contributed by atoms with Crippen molar-refractivity contribution in [1.29, 1.82) is 0 Å². The molecule has 2 aromatic rings. The van der Waals surface area contributed by atoms with E-state index in [4.69, 9.17) is 14.2 Å². The Morgan fingerprint density at radius 1 is 1.10 bits per heavy atom. The first kappa shape index (κ1) is 21.3. The molecular formula is C22H22FNO6. The molecule has 7 nitrogen and oxygen atoms in total. The SMILES string of the molecule is COc1cc(C(=O)O[C@@H]2CCCCC2=O)ccc1OCC(=O)Nc1ccc(F)cc1. The number of nitrogens with one attached hydrogen (secondary N) is 1. The molecule has 158 valence electrons. The lowest BCUT2D eigenvalue weighted by molar-refractivity contribution is -0.129. The number of hydrogen-bond donors (Lipinski definition) is 1. The van der Waals surface area contributed by atoms with Crippen LogP contribution in [0.4, 0.5) is 10.1 Å². The van der Waals surface area contributed by atoms with E-state index in [1.807, 2.05) is 0 Å². The fourth-order valence-corrected chi connectivity index (χ4v) is 3.06. The van der Waals surface area contributed by atoms with Crippen LogP contribution in [0.25, 0.3) is 0 Å². The summed E-state index contributed by atoms with van der Waals surface area (Å²) in [4.78, 5) is 36.2. The molecule has 30 heavy (non-hydrogen) atoms. The van der Waals surface area contributed by atoms with Crippen molar-refractivity contribution in [2.75, 3.05) is 19.0 Å². The molecule has 1 fully saturated rings. The van der Waals surface area contributed by atoms with Crippen LogP contribution in [0.3, 0.4) is 0 Å². The molecule has 0 aliphatic heterocycles. The Labute approximate surface area is 173 Å². The van der Waals surface area contributed by atoms with Crippen LogP contribution in [0.2, 0.25) is 0 Å². The normalized spacial score (nSPS) is 15.9. The van der Waals surface area contributed by atoms with Gasteiger partial charge >= 0.3 is 5.97 Å². The zero-order valence-electron chi connectivity index (χ0n) is 16.5. The second kappa shape index (κ2) is 9.87. The van der Waals surface area contributed by atoms with E-state index in [-0.39, 0.29) is 29.5 Å². The number of carbonyl (C=O) groups excluding carboxylic acids is 3. The Morgan fingerprint density at radius 2 is 1.87 bits per heavy atom. The van der Waals surface area contributed by atoms with E-state index in [1.54, 1.807) is 0 Å². The van der Waals surface area contributed by atoms with Gasteiger partial charge in [-0.25, -0.2) is 9.18 Å². The van der Waals surface area contributed by atoms with Crippen LogP contribution in [-0.2, 0) is 14.3 Å². The summed E-state index contributed by atoms with van der Waals surface area (Å²) in [7, 11) is 1.40. The van der Waals surface area contributed by atoms with Crippen LogP contribution < -0.4 is 14.8 Å². The smallest absolute Gasteiger partial charge is 0.338 e. The number of benzene rings is 2. The molecule has 3 rings (SSSR count). The highest BCUT2D eigenvalue weighted by atomic mass is 19.1. The summed E-state index contributed by atoms with van der Waals surface area (Å²) < 4.78 is 29.0. The van der Waals surface area contributed by atoms with Gasteiger partial charge in [0.1, 0.15) is 5.82 Å². The van der Waals surface area contributed by atoms with Gasteiger partial charge in [-0.1, -0.05) is 0 Å².